The molecule has 1 aromatic rings. The number of hydrogen-bond donors (Lipinski definition) is 1. The Labute approximate surface area is 163 Å². The molecule has 4 rings (SSSR count). The summed E-state index contributed by atoms with van der Waals surface area (Å²) in [6.07, 6.45) is 5.30. The molecule has 152 valence electrons. The van der Waals surface area contributed by atoms with Crippen molar-refractivity contribution in [1.82, 2.24) is 24.6 Å². The second kappa shape index (κ2) is 8.15. The second-order valence-electron chi connectivity index (χ2n) is 8.87. The summed E-state index contributed by atoms with van der Waals surface area (Å²) >= 11 is 0. The molecule has 1 saturated carbocycles. The lowest BCUT2D eigenvalue weighted by Crippen LogP contribution is -2.53. The first-order valence-electron chi connectivity index (χ1n) is 10.8. The van der Waals surface area contributed by atoms with E-state index in [-0.39, 0.29) is 0 Å². The van der Waals surface area contributed by atoms with Crippen molar-refractivity contribution in [2.45, 2.75) is 89.8 Å². The van der Waals surface area contributed by atoms with E-state index in [0.29, 0.717) is 30.2 Å². The first-order valence-corrected chi connectivity index (χ1v) is 10.8. The van der Waals surface area contributed by atoms with Crippen LogP contribution in [-0.2, 0) is 17.8 Å². The fraction of sp³-hybridized carbons (Fsp3) is 0.900. The van der Waals surface area contributed by atoms with E-state index in [1.807, 2.05) is 0 Å². The van der Waals surface area contributed by atoms with Gasteiger partial charge in [-0.1, -0.05) is 0 Å². The fourth-order valence-electron chi connectivity index (χ4n) is 5.14. The Hall–Kier alpha value is -1.02. The van der Waals surface area contributed by atoms with Crippen molar-refractivity contribution in [2.24, 2.45) is 5.73 Å². The zero-order valence-electron chi connectivity index (χ0n) is 17.2. The maximum absolute atomic E-state index is 5.97. The average Bonchev–Trinajstić information content (AvgIpc) is 3.01. The fourth-order valence-corrected chi connectivity index (χ4v) is 5.14. The van der Waals surface area contributed by atoms with Crippen LogP contribution in [0, 0.1) is 0 Å². The first-order chi connectivity index (χ1) is 13.0. The Morgan fingerprint density at radius 1 is 1.07 bits per heavy atom. The number of nitrogens with zero attached hydrogens (tertiary/aromatic N) is 5. The molecular formula is C20H36N6O. The van der Waals surface area contributed by atoms with Gasteiger partial charge in [-0.25, -0.2) is 0 Å². The summed E-state index contributed by atoms with van der Waals surface area (Å²) in [6.45, 7) is 12.9. The molecule has 3 heterocycles. The zero-order valence-corrected chi connectivity index (χ0v) is 17.2. The lowest BCUT2D eigenvalue weighted by atomic mass is 9.80. The van der Waals surface area contributed by atoms with E-state index in [4.69, 9.17) is 10.5 Å². The average molecular weight is 377 g/mol. The third-order valence-electron chi connectivity index (χ3n) is 6.60. The summed E-state index contributed by atoms with van der Waals surface area (Å²) in [5, 5.41) is 9.06. The Balaban J connectivity index is 1.32. The van der Waals surface area contributed by atoms with Crippen molar-refractivity contribution in [3.63, 3.8) is 0 Å². The van der Waals surface area contributed by atoms with Crippen molar-refractivity contribution in [3.8, 4) is 0 Å². The third kappa shape index (κ3) is 4.21. The Morgan fingerprint density at radius 3 is 2.33 bits per heavy atom. The lowest BCUT2D eigenvalue weighted by molar-refractivity contribution is -0.0866. The van der Waals surface area contributed by atoms with Gasteiger partial charge in [0, 0.05) is 50.7 Å². The van der Waals surface area contributed by atoms with Crippen molar-refractivity contribution in [2.75, 3.05) is 26.2 Å². The van der Waals surface area contributed by atoms with Crippen LogP contribution < -0.4 is 5.73 Å². The summed E-state index contributed by atoms with van der Waals surface area (Å²) in [4.78, 5) is 5.21. The molecule has 2 saturated heterocycles. The molecule has 0 radical (unpaired) electrons. The van der Waals surface area contributed by atoms with E-state index < -0.39 is 0 Å². The quantitative estimate of drug-likeness (QED) is 0.841. The van der Waals surface area contributed by atoms with Gasteiger partial charge in [0.05, 0.1) is 18.8 Å². The molecule has 7 heteroatoms. The van der Waals surface area contributed by atoms with Crippen LogP contribution in [0.5, 0.6) is 0 Å². The molecule has 0 aromatic carbocycles. The number of piperidine rings is 1. The van der Waals surface area contributed by atoms with Crippen LogP contribution in [0.3, 0.4) is 0 Å². The number of likely N-dealkylation sites (tertiary alicyclic amines) is 1. The largest absolute Gasteiger partial charge is 0.373 e. The van der Waals surface area contributed by atoms with E-state index >= 15 is 0 Å². The summed E-state index contributed by atoms with van der Waals surface area (Å²) in [5.41, 5.74) is 5.97. The minimum absolute atomic E-state index is 0.352. The van der Waals surface area contributed by atoms with Gasteiger partial charge in [-0.05, 0) is 46.5 Å². The Morgan fingerprint density at radius 2 is 1.74 bits per heavy atom. The van der Waals surface area contributed by atoms with Gasteiger partial charge >= 0.3 is 0 Å². The van der Waals surface area contributed by atoms with E-state index in [1.54, 1.807) is 0 Å². The van der Waals surface area contributed by atoms with Crippen molar-refractivity contribution in [3.05, 3.63) is 11.6 Å². The van der Waals surface area contributed by atoms with Crippen LogP contribution in [0.25, 0.3) is 0 Å². The van der Waals surface area contributed by atoms with Gasteiger partial charge in [-0.3, -0.25) is 9.80 Å². The molecule has 0 spiro atoms. The highest BCUT2D eigenvalue weighted by Gasteiger charge is 2.33. The highest BCUT2D eigenvalue weighted by Crippen LogP contribution is 2.35. The van der Waals surface area contributed by atoms with Gasteiger partial charge < -0.3 is 15.0 Å². The molecule has 7 nitrogen and oxygen atoms in total. The van der Waals surface area contributed by atoms with Crippen LogP contribution in [0.1, 0.15) is 64.0 Å². The van der Waals surface area contributed by atoms with Crippen LogP contribution in [-0.4, -0.2) is 75.0 Å². The van der Waals surface area contributed by atoms with Gasteiger partial charge in [-0.15, -0.1) is 10.2 Å². The van der Waals surface area contributed by atoms with E-state index in [9.17, 15) is 0 Å². The minimum atomic E-state index is 0.352. The third-order valence-corrected chi connectivity index (χ3v) is 6.60. The number of aromatic nitrogens is 3. The molecule has 1 aromatic heterocycles. The van der Waals surface area contributed by atoms with Crippen molar-refractivity contribution >= 4 is 0 Å². The summed E-state index contributed by atoms with van der Waals surface area (Å²) in [6, 6.07) is 1.05. The molecule has 0 amide bonds. The number of rotatable bonds is 5. The van der Waals surface area contributed by atoms with Gasteiger partial charge in [0.25, 0.3) is 0 Å². The minimum Gasteiger partial charge on any atom is -0.373 e. The van der Waals surface area contributed by atoms with Gasteiger partial charge in [0.2, 0.25) is 0 Å². The Kier molecular flexibility index (Phi) is 5.83. The monoisotopic (exact) mass is 376 g/mol. The highest BCUT2D eigenvalue weighted by molar-refractivity contribution is 5.08. The van der Waals surface area contributed by atoms with Gasteiger partial charge in [0.15, 0.2) is 0 Å². The molecule has 3 aliphatic rings. The maximum atomic E-state index is 5.97. The topological polar surface area (TPSA) is 72.4 Å². The number of ether oxygens (including phenoxy) is 1. The van der Waals surface area contributed by atoms with Crippen LogP contribution in [0.15, 0.2) is 0 Å². The molecular weight excluding hydrogens is 340 g/mol. The molecule has 0 bridgehead atoms. The number of nitrogens with two attached hydrogens (primary N) is 1. The summed E-state index contributed by atoms with van der Waals surface area (Å²) < 4.78 is 8.22. The highest BCUT2D eigenvalue weighted by atomic mass is 16.5. The smallest absolute Gasteiger partial charge is 0.147 e. The lowest BCUT2D eigenvalue weighted by Gasteiger charge is -2.43. The van der Waals surface area contributed by atoms with E-state index in [2.05, 4.69) is 45.3 Å². The molecule has 3 fully saturated rings. The van der Waals surface area contributed by atoms with Crippen molar-refractivity contribution in [1.29, 1.82) is 0 Å². The van der Waals surface area contributed by atoms with Crippen molar-refractivity contribution < 1.29 is 4.74 Å². The standard InChI is InChI=1S/C20H36N6O/c1-4-26-19(22-23-20(26)16-9-17(21)10-16)13-24-7-5-18(6-8-24)25-11-14(2)27-15(3)12-25/h14-18H,4-13,21H2,1-3H3/t14-,15+,16?,17?. The van der Waals surface area contributed by atoms with Crippen LogP contribution in [0.2, 0.25) is 0 Å². The molecule has 2 aliphatic heterocycles. The zero-order chi connectivity index (χ0) is 19.0. The molecule has 1 aliphatic carbocycles. The Bertz CT molecular complexity index is 610. The SMILES string of the molecule is CCn1c(CN2CCC(N3C[C@@H](C)O[C@@H](C)C3)CC2)nnc1C1CC(N)C1. The van der Waals surface area contributed by atoms with Gasteiger partial charge in [0.1, 0.15) is 11.6 Å². The predicted octanol–water partition coefficient (Wildman–Crippen LogP) is 1.58. The number of hydrogen-bond acceptors (Lipinski definition) is 6. The predicted molar refractivity (Wildman–Crippen MR) is 106 cm³/mol. The van der Waals surface area contributed by atoms with E-state index in [0.717, 1.165) is 63.8 Å². The van der Waals surface area contributed by atoms with Gasteiger partial charge in [-0.2, -0.15) is 0 Å². The molecule has 27 heavy (non-hydrogen) atoms. The maximum Gasteiger partial charge on any atom is 0.147 e. The first kappa shape index (κ1) is 19.3. The summed E-state index contributed by atoms with van der Waals surface area (Å²) in [5.74, 6) is 2.79. The summed E-state index contributed by atoms with van der Waals surface area (Å²) in [7, 11) is 0. The normalized spacial score (nSPS) is 33.9. The molecule has 2 atom stereocenters. The molecule has 2 N–H and O–H groups in total. The van der Waals surface area contributed by atoms with Crippen LogP contribution in [0.4, 0.5) is 0 Å². The number of morpholine rings is 1. The molecule has 0 unspecified atom stereocenters. The van der Waals surface area contributed by atoms with Crippen LogP contribution >= 0.6 is 0 Å². The van der Waals surface area contributed by atoms with E-state index in [1.165, 1.54) is 12.8 Å². The second-order valence-corrected chi connectivity index (χ2v) is 8.87.